The van der Waals surface area contributed by atoms with Crippen molar-refractivity contribution in [3.8, 4) is 11.8 Å². The van der Waals surface area contributed by atoms with Crippen LogP contribution in [0.2, 0.25) is 0 Å². The number of hydrogen-bond acceptors (Lipinski definition) is 4. The van der Waals surface area contributed by atoms with Gasteiger partial charge in [-0.3, -0.25) is 4.79 Å². The average molecular weight is 358 g/mol. The number of carbonyl (C=O) groups excluding carboxylic acids is 1. The van der Waals surface area contributed by atoms with Crippen LogP contribution in [0, 0.1) is 24.7 Å². The molecular weight excluding hydrogens is 332 g/mol. The zero-order valence-electron chi connectivity index (χ0n) is 16.4. The number of aromatic amines is 1. The minimum atomic E-state index is -1.20. The fraction of sp³-hybridized carbons (Fsp3) is 0.500. The molecule has 6 nitrogen and oxygen atoms in total. The average Bonchev–Trinajstić information content (AvgIpc) is 2.86. The van der Waals surface area contributed by atoms with Crippen LogP contribution in [0.3, 0.4) is 0 Å². The summed E-state index contributed by atoms with van der Waals surface area (Å²) in [4.78, 5) is 28.2. The third-order valence-electron chi connectivity index (χ3n) is 4.25. The maximum Gasteiger partial charge on any atom is 0.340 e. The zero-order chi connectivity index (χ0) is 19.8. The Bertz CT molecular complexity index is 962. The third-order valence-corrected chi connectivity index (χ3v) is 4.25. The number of nitrogens with one attached hydrogen (secondary N) is 1. The molecule has 0 radical (unpaired) electrons. The molecule has 0 aliphatic carbocycles. The molecule has 26 heavy (non-hydrogen) atoms. The Balaban J connectivity index is 2.73. The van der Waals surface area contributed by atoms with Gasteiger partial charge in [0.05, 0.1) is 11.1 Å². The summed E-state index contributed by atoms with van der Waals surface area (Å²) in [6, 6.07) is 0. The van der Waals surface area contributed by atoms with Crippen molar-refractivity contribution in [2.75, 3.05) is 0 Å². The first kappa shape index (κ1) is 19.8. The Morgan fingerprint density at radius 2 is 1.96 bits per heavy atom. The van der Waals surface area contributed by atoms with Crippen LogP contribution in [0.4, 0.5) is 0 Å². The molecule has 2 aromatic heterocycles. The molecule has 0 saturated heterocycles. The zero-order valence-corrected chi connectivity index (χ0v) is 16.4. The van der Waals surface area contributed by atoms with E-state index < -0.39 is 11.6 Å². The fourth-order valence-electron chi connectivity index (χ4n) is 2.48. The Labute approximate surface area is 153 Å². The smallest absolute Gasteiger partial charge is 0.340 e. The molecule has 2 heterocycles. The number of ether oxygens (including phenoxy) is 1. The van der Waals surface area contributed by atoms with Crippen LogP contribution in [-0.2, 0) is 11.8 Å². The summed E-state index contributed by atoms with van der Waals surface area (Å²) in [7, 11) is 1.62. The topological polar surface area (TPSA) is 84.3 Å². The van der Waals surface area contributed by atoms with Gasteiger partial charge in [0, 0.05) is 24.3 Å². The molecule has 0 spiro atoms. The van der Waals surface area contributed by atoms with Gasteiger partial charge in [-0.25, -0.2) is 4.79 Å². The van der Waals surface area contributed by atoms with Crippen molar-refractivity contribution in [3.05, 3.63) is 33.4 Å². The number of esters is 1. The second-order valence-electron chi connectivity index (χ2n) is 7.50. The predicted octanol–water partition coefficient (Wildman–Crippen LogP) is 2.50. The van der Waals surface area contributed by atoms with Gasteiger partial charge >= 0.3 is 5.97 Å². The lowest BCUT2D eigenvalue weighted by Gasteiger charge is -2.16. The molecule has 0 saturated carbocycles. The standard InChI is InChI=1S/C20H26N2O4/c1-11(2)13(4)26-19(24)15-12(3)21-17-16(15)14(8-9-20(5,6)25)10-22(7)18(17)23/h10-11,13,21,25H,1-7H3. The number of hydrogen-bond donors (Lipinski definition) is 2. The molecule has 1 unspecified atom stereocenters. The molecule has 0 bridgehead atoms. The SMILES string of the molecule is Cc1[nH]c2c(=O)n(C)cc(C#CC(C)(C)O)c2c1C(=O)OC(C)C(C)C. The highest BCUT2D eigenvalue weighted by Gasteiger charge is 2.24. The van der Waals surface area contributed by atoms with Crippen molar-refractivity contribution in [2.24, 2.45) is 13.0 Å². The first-order valence-electron chi connectivity index (χ1n) is 8.60. The predicted molar refractivity (Wildman–Crippen MR) is 101 cm³/mol. The largest absolute Gasteiger partial charge is 0.459 e. The van der Waals surface area contributed by atoms with E-state index in [1.165, 1.54) is 4.57 Å². The number of aliphatic hydroxyl groups is 1. The number of H-pyrrole nitrogens is 1. The molecule has 0 aliphatic rings. The minimum absolute atomic E-state index is 0.173. The van der Waals surface area contributed by atoms with Crippen LogP contribution in [0.5, 0.6) is 0 Å². The minimum Gasteiger partial charge on any atom is -0.459 e. The van der Waals surface area contributed by atoms with Crippen molar-refractivity contribution in [2.45, 2.75) is 53.2 Å². The lowest BCUT2D eigenvalue weighted by Crippen LogP contribution is -2.21. The van der Waals surface area contributed by atoms with Gasteiger partial charge < -0.3 is 19.4 Å². The Morgan fingerprint density at radius 1 is 1.35 bits per heavy atom. The van der Waals surface area contributed by atoms with Crippen LogP contribution in [-0.4, -0.2) is 32.3 Å². The maximum atomic E-state index is 12.8. The van der Waals surface area contributed by atoms with Crippen molar-refractivity contribution < 1.29 is 14.6 Å². The highest BCUT2D eigenvalue weighted by Crippen LogP contribution is 2.25. The number of carbonyl (C=O) groups is 1. The Morgan fingerprint density at radius 3 is 2.50 bits per heavy atom. The lowest BCUT2D eigenvalue weighted by atomic mass is 10.0. The van der Waals surface area contributed by atoms with Crippen LogP contribution in [0.15, 0.2) is 11.0 Å². The molecule has 0 aromatic carbocycles. The second-order valence-corrected chi connectivity index (χ2v) is 7.50. The Hall–Kier alpha value is -2.52. The second kappa shape index (κ2) is 7.00. The molecule has 140 valence electrons. The number of fused-ring (bicyclic) bond motifs is 1. The summed E-state index contributed by atoms with van der Waals surface area (Å²) in [5, 5.41) is 10.3. The summed E-state index contributed by atoms with van der Waals surface area (Å²) >= 11 is 0. The summed E-state index contributed by atoms with van der Waals surface area (Å²) in [5.41, 5.74) is 0.197. The molecule has 0 amide bonds. The van der Waals surface area contributed by atoms with Crippen molar-refractivity contribution in [1.29, 1.82) is 0 Å². The van der Waals surface area contributed by atoms with Gasteiger partial charge in [-0.1, -0.05) is 25.7 Å². The number of aryl methyl sites for hydroxylation is 2. The number of aromatic nitrogens is 2. The molecule has 1 atom stereocenters. The van der Waals surface area contributed by atoms with E-state index in [9.17, 15) is 14.7 Å². The van der Waals surface area contributed by atoms with E-state index in [1.54, 1.807) is 34.0 Å². The fourth-order valence-corrected chi connectivity index (χ4v) is 2.48. The highest BCUT2D eigenvalue weighted by atomic mass is 16.5. The van der Waals surface area contributed by atoms with Crippen LogP contribution < -0.4 is 5.56 Å². The molecule has 0 aliphatic heterocycles. The van der Waals surface area contributed by atoms with Gasteiger partial charge in [-0.05, 0) is 33.6 Å². The van der Waals surface area contributed by atoms with E-state index in [2.05, 4.69) is 16.8 Å². The van der Waals surface area contributed by atoms with Gasteiger partial charge in [-0.2, -0.15) is 0 Å². The highest BCUT2D eigenvalue weighted by molar-refractivity contribution is 6.07. The van der Waals surface area contributed by atoms with Gasteiger partial charge in [0.25, 0.3) is 5.56 Å². The van der Waals surface area contributed by atoms with Crippen LogP contribution >= 0.6 is 0 Å². The molecular formula is C20H26N2O4. The number of rotatable bonds is 3. The number of pyridine rings is 1. The lowest BCUT2D eigenvalue weighted by molar-refractivity contribution is 0.0239. The monoisotopic (exact) mass is 358 g/mol. The van der Waals surface area contributed by atoms with E-state index >= 15 is 0 Å². The van der Waals surface area contributed by atoms with E-state index in [0.717, 1.165) is 0 Å². The van der Waals surface area contributed by atoms with E-state index in [4.69, 9.17) is 4.74 Å². The van der Waals surface area contributed by atoms with Gasteiger partial charge in [0.2, 0.25) is 0 Å². The summed E-state index contributed by atoms with van der Waals surface area (Å²) in [6.07, 6.45) is 1.31. The maximum absolute atomic E-state index is 12.8. The molecule has 0 fully saturated rings. The van der Waals surface area contributed by atoms with Crippen molar-refractivity contribution in [1.82, 2.24) is 9.55 Å². The third kappa shape index (κ3) is 4.00. The molecule has 2 rings (SSSR count). The molecule has 2 aromatic rings. The van der Waals surface area contributed by atoms with E-state index in [1.807, 2.05) is 20.8 Å². The summed E-state index contributed by atoms with van der Waals surface area (Å²) in [5.74, 6) is 5.31. The summed E-state index contributed by atoms with van der Waals surface area (Å²) in [6.45, 7) is 10.6. The number of nitrogens with zero attached hydrogens (tertiary/aromatic N) is 1. The van der Waals surface area contributed by atoms with Crippen LogP contribution in [0.25, 0.3) is 10.9 Å². The van der Waals surface area contributed by atoms with E-state index in [-0.39, 0.29) is 17.6 Å². The normalized spacial score (nSPS) is 12.8. The van der Waals surface area contributed by atoms with Crippen LogP contribution in [0.1, 0.15) is 56.2 Å². The molecule has 2 N–H and O–H groups in total. The van der Waals surface area contributed by atoms with E-state index in [0.29, 0.717) is 27.7 Å². The quantitative estimate of drug-likeness (QED) is 0.652. The summed E-state index contributed by atoms with van der Waals surface area (Å²) < 4.78 is 6.95. The van der Waals surface area contributed by atoms with Gasteiger partial charge in [0.1, 0.15) is 17.2 Å². The van der Waals surface area contributed by atoms with Gasteiger partial charge in [0.15, 0.2) is 0 Å². The first-order chi connectivity index (χ1) is 11.9. The van der Waals surface area contributed by atoms with Crippen molar-refractivity contribution >= 4 is 16.9 Å². The molecule has 6 heteroatoms. The Kier molecular flexibility index (Phi) is 5.33. The van der Waals surface area contributed by atoms with Crippen molar-refractivity contribution in [3.63, 3.8) is 0 Å². The van der Waals surface area contributed by atoms with Gasteiger partial charge in [-0.15, -0.1) is 0 Å². The first-order valence-corrected chi connectivity index (χ1v) is 8.60.